The molecule has 0 heterocycles. The second-order valence-corrected chi connectivity index (χ2v) is 9.66. The predicted molar refractivity (Wildman–Crippen MR) is 83.4 cm³/mol. The maximum Gasteiger partial charge on any atom is 0.261 e. The van der Waals surface area contributed by atoms with Crippen molar-refractivity contribution in [3.05, 3.63) is 23.3 Å². The second kappa shape index (κ2) is 6.98. The zero-order valence-corrected chi connectivity index (χ0v) is 14.6. The van der Waals surface area contributed by atoms with Gasteiger partial charge in [-0.05, 0) is 43.5 Å². The van der Waals surface area contributed by atoms with Crippen molar-refractivity contribution >= 4 is 29.6 Å². The van der Waals surface area contributed by atoms with Crippen LogP contribution < -0.4 is 4.74 Å². The minimum Gasteiger partial charge on any atom is -0.492 e. The second-order valence-electron chi connectivity index (χ2n) is 4.82. The van der Waals surface area contributed by atoms with Crippen LogP contribution in [0.2, 0.25) is 0 Å². The van der Waals surface area contributed by atoms with E-state index in [1.807, 2.05) is 0 Å². The van der Waals surface area contributed by atoms with Crippen molar-refractivity contribution in [2.24, 2.45) is 0 Å². The van der Waals surface area contributed by atoms with Crippen LogP contribution >= 0.6 is 10.7 Å². The number of aryl methyl sites for hydroxylation is 2. The molecule has 0 N–H and O–H groups in total. The van der Waals surface area contributed by atoms with Gasteiger partial charge in [0, 0.05) is 10.7 Å². The van der Waals surface area contributed by atoms with Crippen LogP contribution in [-0.4, -0.2) is 34.9 Å². The Morgan fingerprint density at radius 2 is 1.67 bits per heavy atom. The van der Waals surface area contributed by atoms with Gasteiger partial charge in [-0.15, -0.1) is 0 Å². The highest BCUT2D eigenvalue weighted by atomic mass is 35.7. The van der Waals surface area contributed by atoms with Crippen molar-refractivity contribution in [1.82, 2.24) is 0 Å². The van der Waals surface area contributed by atoms with Gasteiger partial charge in [0.15, 0.2) is 9.84 Å². The molecule has 5 nitrogen and oxygen atoms in total. The van der Waals surface area contributed by atoms with E-state index in [4.69, 9.17) is 15.4 Å². The van der Waals surface area contributed by atoms with Crippen LogP contribution in [0.5, 0.6) is 5.75 Å². The Labute approximate surface area is 130 Å². The zero-order chi connectivity index (χ0) is 16.3. The summed E-state index contributed by atoms with van der Waals surface area (Å²) in [7, 11) is -1.56. The van der Waals surface area contributed by atoms with Crippen LogP contribution in [0.25, 0.3) is 0 Å². The highest BCUT2D eigenvalue weighted by Gasteiger charge is 2.16. The number of sulfone groups is 1. The average molecular weight is 355 g/mol. The van der Waals surface area contributed by atoms with Gasteiger partial charge in [-0.25, -0.2) is 16.8 Å². The fraction of sp³-hybridized carbons (Fsp3) is 0.538. The van der Waals surface area contributed by atoms with Gasteiger partial charge in [-0.2, -0.15) is 0 Å². The first-order chi connectivity index (χ1) is 9.57. The van der Waals surface area contributed by atoms with E-state index in [0.29, 0.717) is 23.3 Å². The molecule has 0 atom stereocenters. The van der Waals surface area contributed by atoms with Crippen LogP contribution in [0.3, 0.4) is 0 Å². The van der Waals surface area contributed by atoms with E-state index in [9.17, 15) is 16.8 Å². The molecule has 0 radical (unpaired) electrons. The minimum absolute atomic E-state index is 0.0348. The van der Waals surface area contributed by atoms with E-state index < -0.39 is 18.9 Å². The Kier molecular flexibility index (Phi) is 6.07. The summed E-state index contributed by atoms with van der Waals surface area (Å²) in [6, 6.07) is 2.98. The Morgan fingerprint density at radius 1 is 1.05 bits per heavy atom. The lowest BCUT2D eigenvalue weighted by molar-refractivity contribution is 0.338. The number of benzene rings is 1. The third kappa shape index (κ3) is 5.48. The van der Waals surface area contributed by atoms with Gasteiger partial charge in [-0.1, -0.05) is 6.92 Å². The monoisotopic (exact) mass is 354 g/mol. The molecular weight excluding hydrogens is 336 g/mol. The maximum atomic E-state index is 11.6. The summed E-state index contributed by atoms with van der Waals surface area (Å²) in [5.74, 6) is 0.537. The molecule has 0 saturated heterocycles. The Balaban J connectivity index is 2.85. The van der Waals surface area contributed by atoms with E-state index >= 15 is 0 Å². The molecule has 0 aliphatic heterocycles. The molecule has 21 heavy (non-hydrogen) atoms. The molecule has 0 aromatic heterocycles. The average Bonchev–Trinajstić information content (AvgIpc) is 2.31. The lowest BCUT2D eigenvalue weighted by atomic mass is 10.1. The molecule has 0 aliphatic carbocycles. The lowest BCUT2D eigenvalue weighted by Gasteiger charge is -2.12. The molecule has 1 rings (SSSR count). The minimum atomic E-state index is -3.80. The number of ether oxygens (including phenoxy) is 1. The Hall–Kier alpha value is -0.790. The van der Waals surface area contributed by atoms with Gasteiger partial charge in [-0.3, -0.25) is 0 Å². The number of halogens is 1. The third-order valence-electron chi connectivity index (χ3n) is 2.90. The van der Waals surface area contributed by atoms with E-state index in [-0.39, 0.29) is 23.0 Å². The van der Waals surface area contributed by atoms with E-state index in [1.165, 1.54) is 6.07 Å². The van der Waals surface area contributed by atoms with Crippen molar-refractivity contribution in [3.63, 3.8) is 0 Å². The molecule has 0 spiro atoms. The van der Waals surface area contributed by atoms with E-state index in [0.717, 1.165) is 0 Å². The molecule has 0 unspecified atom stereocenters. The summed E-state index contributed by atoms with van der Waals surface area (Å²) in [5, 5.41) is 0. The number of hydrogen-bond acceptors (Lipinski definition) is 5. The molecule has 1 aromatic rings. The van der Waals surface area contributed by atoms with Crippen molar-refractivity contribution in [2.45, 2.75) is 32.1 Å². The maximum absolute atomic E-state index is 11.6. The highest BCUT2D eigenvalue weighted by Crippen LogP contribution is 2.27. The topological polar surface area (TPSA) is 77.5 Å². The molecule has 0 bridgehead atoms. The number of rotatable bonds is 7. The SMILES string of the molecule is CCCS(=O)(=O)CCOc1cc(C)c(S(=O)(=O)Cl)cc1C. The molecule has 120 valence electrons. The largest absolute Gasteiger partial charge is 0.492 e. The van der Waals surface area contributed by atoms with Crippen LogP contribution in [0.15, 0.2) is 17.0 Å². The Bertz CT molecular complexity index is 708. The van der Waals surface area contributed by atoms with E-state index in [1.54, 1.807) is 26.8 Å². The molecule has 0 amide bonds. The molecule has 1 aromatic carbocycles. The van der Waals surface area contributed by atoms with Crippen molar-refractivity contribution in [2.75, 3.05) is 18.1 Å². The molecule has 0 fully saturated rings. The molecule has 0 aliphatic rings. The standard InChI is InChI=1S/C13H19ClO5S2/c1-4-6-20(15,16)7-5-19-12-8-11(3)13(9-10(12)2)21(14,17)18/h8-9H,4-7H2,1-3H3. The summed E-state index contributed by atoms with van der Waals surface area (Å²) in [5.41, 5.74) is 1.05. The number of hydrogen-bond donors (Lipinski definition) is 0. The third-order valence-corrected chi connectivity index (χ3v) is 6.19. The normalized spacial score (nSPS) is 12.4. The Morgan fingerprint density at radius 3 is 2.19 bits per heavy atom. The quantitative estimate of drug-likeness (QED) is 0.703. The summed E-state index contributed by atoms with van der Waals surface area (Å²) in [6.45, 7) is 5.13. The van der Waals surface area contributed by atoms with Crippen molar-refractivity contribution in [3.8, 4) is 5.75 Å². The summed E-state index contributed by atoms with van der Waals surface area (Å²) in [6.07, 6.45) is 0.572. The molecule has 0 saturated carbocycles. The fourth-order valence-corrected chi connectivity index (χ4v) is 4.30. The van der Waals surface area contributed by atoms with Crippen LogP contribution in [-0.2, 0) is 18.9 Å². The van der Waals surface area contributed by atoms with E-state index in [2.05, 4.69) is 0 Å². The molecular formula is C13H19ClO5S2. The van der Waals surface area contributed by atoms with Crippen molar-refractivity contribution < 1.29 is 21.6 Å². The van der Waals surface area contributed by atoms with Crippen molar-refractivity contribution in [1.29, 1.82) is 0 Å². The van der Waals surface area contributed by atoms with Crippen LogP contribution in [0.1, 0.15) is 24.5 Å². The summed E-state index contributed by atoms with van der Waals surface area (Å²) < 4.78 is 51.4. The van der Waals surface area contributed by atoms with Gasteiger partial charge in [0.05, 0.1) is 16.4 Å². The first-order valence-corrected chi connectivity index (χ1v) is 10.6. The smallest absolute Gasteiger partial charge is 0.261 e. The summed E-state index contributed by atoms with van der Waals surface area (Å²) >= 11 is 0. The summed E-state index contributed by atoms with van der Waals surface area (Å²) in [4.78, 5) is 0.0348. The molecule has 8 heteroatoms. The van der Waals surface area contributed by atoms with Gasteiger partial charge >= 0.3 is 0 Å². The first-order valence-electron chi connectivity index (χ1n) is 6.46. The zero-order valence-electron chi connectivity index (χ0n) is 12.2. The predicted octanol–water partition coefficient (Wildman–Crippen LogP) is 2.43. The van der Waals surface area contributed by atoms with Gasteiger partial charge in [0.25, 0.3) is 9.05 Å². The van der Waals surface area contributed by atoms with Gasteiger partial charge < -0.3 is 4.74 Å². The van der Waals surface area contributed by atoms with Gasteiger partial charge in [0.1, 0.15) is 12.4 Å². The van der Waals surface area contributed by atoms with Crippen LogP contribution in [0, 0.1) is 13.8 Å². The fourth-order valence-electron chi connectivity index (χ4n) is 1.87. The lowest BCUT2D eigenvalue weighted by Crippen LogP contribution is -2.17. The highest BCUT2D eigenvalue weighted by molar-refractivity contribution is 8.13. The van der Waals surface area contributed by atoms with Crippen LogP contribution in [0.4, 0.5) is 0 Å². The first kappa shape index (κ1) is 18.3. The van der Waals surface area contributed by atoms with Gasteiger partial charge in [0.2, 0.25) is 0 Å².